The third-order valence-electron chi connectivity index (χ3n) is 2.06. The Hall–Kier alpha value is -0.260. The number of hydrogen-bond acceptors (Lipinski definition) is 0. The second-order valence-corrected chi connectivity index (χ2v) is 3.41. The summed E-state index contributed by atoms with van der Waals surface area (Å²) in [5.74, 6) is 1.17. The molecule has 0 nitrogen and oxygen atoms in total. The van der Waals surface area contributed by atoms with E-state index in [1.807, 2.05) is 0 Å². The van der Waals surface area contributed by atoms with Crippen LogP contribution in [-0.4, -0.2) is 0 Å². The Kier molecular flexibility index (Phi) is 6.30. The van der Waals surface area contributed by atoms with Gasteiger partial charge < -0.3 is 0 Å². The standard InChI is InChI=1S/C11H21/c1-5-6-7-8-9-11(4)10(2)3/h8-11H,2,5-7H2,1,3-4H3. The van der Waals surface area contributed by atoms with Gasteiger partial charge in [0.25, 0.3) is 0 Å². The maximum Gasteiger partial charge on any atom is -0.0236 e. The van der Waals surface area contributed by atoms with E-state index in [0.29, 0.717) is 11.8 Å². The van der Waals surface area contributed by atoms with Crippen LogP contribution in [0.1, 0.15) is 40.0 Å². The second-order valence-electron chi connectivity index (χ2n) is 3.41. The summed E-state index contributed by atoms with van der Waals surface area (Å²) in [7, 11) is 0. The Morgan fingerprint density at radius 3 is 2.45 bits per heavy atom. The Labute approximate surface area is 71.7 Å². The average molecular weight is 153 g/mol. The molecule has 0 aromatic rings. The van der Waals surface area contributed by atoms with Crippen LogP contribution in [0.15, 0.2) is 12.2 Å². The van der Waals surface area contributed by atoms with Crippen molar-refractivity contribution in [3.8, 4) is 0 Å². The van der Waals surface area contributed by atoms with Crippen molar-refractivity contribution in [2.45, 2.75) is 40.0 Å². The van der Waals surface area contributed by atoms with Crippen LogP contribution < -0.4 is 0 Å². The molecule has 65 valence electrons. The van der Waals surface area contributed by atoms with Crippen molar-refractivity contribution in [2.24, 2.45) is 11.8 Å². The van der Waals surface area contributed by atoms with Crippen molar-refractivity contribution < 1.29 is 0 Å². The quantitative estimate of drug-likeness (QED) is 0.416. The molecule has 0 N–H and O–H groups in total. The summed E-state index contributed by atoms with van der Waals surface area (Å²) in [6.45, 7) is 10.6. The van der Waals surface area contributed by atoms with Crippen molar-refractivity contribution >= 4 is 0 Å². The van der Waals surface area contributed by atoms with Gasteiger partial charge in [0, 0.05) is 0 Å². The molecule has 0 aromatic heterocycles. The van der Waals surface area contributed by atoms with Gasteiger partial charge in [-0.15, -0.1) is 0 Å². The zero-order chi connectivity index (χ0) is 8.69. The van der Waals surface area contributed by atoms with E-state index in [1.54, 1.807) is 0 Å². The van der Waals surface area contributed by atoms with Gasteiger partial charge in [0.2, 0.25) is 0 Å². The summed E-state index contributed by atoms with van der Waals surface area (Å²) in [6.07, 6.45) is 8.41. The van der Waals surface area contributed by atoms with Crippen molar-refractivity contribution in [1.29, 1.82) is 0 Å². The zero-order valence-corrected chi connectivity index (χ0v) is 8.14. The molecule has 0 aliphatic rings. The van der Waals surface area contributed by atoms with Crippen LogP contribution in [0.5, 0.6) is 0 Å². The molecular formula is C11H21. The fourth-order valence-corrected chi connectivity index (χ4v) is 0.823. The molecule has 0 aliphatic carbocycles. The average Bonchev–Trinajstić information content (AvgIpc) is 1.97. The number of rotatable bonds is 5. The lowest BCUT2D eigenvalue weighted by molar-refractivity contribution is 0.552. The van der Waals surface area contributed by atoms with Crippen LogP contribution in [0.25, 0.3) is 0 Å². The normalized spacial score (nSPS) is 14.6. The van der Waals surface area contributed by atoms with Crippen molar-refractivity contribution in [3.05, 3.63) is 19.1 Å². The predicted molar refractivity (Wildman–Crippen MR) is 52.4 cm³/mol. The first kappa shape index (κ1) is 10.7. The Bertz CT molecular complexity index is 101. The molecule has 0 saturated carbocycles. The zero-order valence-electron chi connectivity index (χ0n) is 8.14. The molecule has 0 heteroatoms. The first-order valence-electron chi connectivity index (χ1n) is 4.68. The fraction of sp³-hybridized carbons (Fsp3) is 0.727. The van der Waals surface area contributed by atoms with Crippen LogP contribution in [0.3, 0.4) is 0 Å². The van der Waals surface area contributed by atoms with Crippen molar-refractivity contribution in [1.82, 2.24) is 0 Å². The minimum atomic E-state index is 0.535. The Balaban J connectivity index is 3.40. The lowest BCUT2D eigenvalue weighted by atomic mass is 9.97. The van der Waals surface area contributed by atoms with E-state index in [4.69, 9.17) is 0 Å². The lowest BCUT2D eigenvalue weighted by Crippen LogP contribution is -1.99. The van der Waals surface area contributed by atoms with E-state index >= 15 is 0 Å². The molecule has 1 radical (unpaired) electrons. The van der Waals surface area contributed by atoms with Crippen molar-refractivity contribution in [2.75, 3.05) is 0 Å². The largest absolute Gasteiger partial charge is 0.0883 e. The third-order valence-corrected chi connectivity index (χ3v) is 2.06. The van der Waals surface area contributed by atoms with Gasteiger partial charge >= 0.3 is 0 Å². The molecule has 2 atom stereocenters. The summed E-state index contributed by atoms with van der Waals surface area (Å²) in [5.41, 5.74) is 0. The van der Waals surface area contributed by atoms with Gasteiger partial charge in [-0.1, -0.05) is 45.8 Å². The lowest BCUT2D eigenvalue weighted by Gasteiger charge is -2.08. The number of hydrogen-bond donors (Lipinski definition) is 0. The summed E-state index contributed by atoms with van der Waals surface area (Å²) in [6, 6.07) is 0. The molecule has 0 amide bonds. The Morgan fingerprint density at radius 2 is 2.00 bits per heavy atom. The van der Waals surface area contributed by atoms with E-state index in [1.165, 1.54) is 19.3 Å². The van der Waals surface area contributed by atoms with E-state index in [0.717, 1.165) is 0 Å². The molecule has 11 heavy (non-hydrogen) atoms. The highest BCUT2D eigenvalue weighted by Crippen LogP contribution is 2.11. The van der Waals surface area contributed by atoms with Gasteiger partial charge in [-0.3, -0.25) is 0 Å². The van der Waals surface area contributed by atoms with Gasteiger partial charge in [0.15, 0.2) is 0 Å². The van der Waals surface area contributed by atoms with Gasteiger partial charge in [-0.05, 0) is 25.2 Å². The van der Waals surface area contributed by atoms with E-state index < -0.39 is 0 Å². The summed E-state index contributed by atoms with van der Waals surface area (Å²) in [5, 5.41) is 0. The molecule has 0 aromatic carbocycles. The number of unbranched alkanes of at least 4 members (excludes halogenated alkanes) is 2. The van der Waals surface area contributed by atoms with E-state index in [-0.39, 0.29) is 0 Å². The van der Waals surface area contributed by atoms with E-state index in [2.05, 4.69) is 39.8 Å². The molecule has 0 rings (SSSR count). The third kappa shape index (κ3) is 6.15. The van der Waals surface area contributed by atoms with Gasteiger partial charge in [-0.2, -0.15) is 0 Å². The maximum absolute atomic E-state index is 3.99. The summed E-state index contributed by atoms with van der Waals surface area (Å²) >= 11 is 0. The molecule has 0 heterocycles. The topological polar surface area (TPSA) is 0 Å². The SMILES string of the molecule is [CH2]C(C)C(C)C=CCCCC. The van der Waals surface area contributed by atoms with Gasteiger partial charge in [0.05, 0.1) is 0 Å². The first-order valence-corrected chi connectivity index (χ1v) is 4.68. The monoisotopic (exact) mass is 153 g/mol. The second kappa shape index (κ2) is 6.45. The molecule has 0 aliphatic heterocycles. The molecular weight excluding hydrogens is 132 g/mol. The Morgan fingerprint density at radius 1 is 1.36 bits per heavy atom. The highest BCUT2D eigenvalue weighted by Gasteiger charge is 2.00. The maximum atomic E-state index is 3.99. The molecule has 0 saturated heterocycles. The molecule has 2 unspecified atom stereocenters. The van der Waals surface area contributed by atoms with Crippen molar-refractivity contribution in [3.63, 3.8) is 0 Å². The fourth-order valence-electron chi connectivity index (χ4n) is 0.823. The van der Waals surface area contributed by atoms with Crippen LogP contribution in [-0.2, 0) is 0 Å². The van der Waals surface area contributed by atoms with Gasteiger partial charge in [-0.25, -0.2) is 0 Å². The highest BCUT2D eigenvalue weighted by molar-refractivity contribution is 4.88. The highest BCUT2D eigenvalue weighted by atomic mass is 14.1. The minimum Gasteiger partial charge on any atom is -0.0883 e. The van der Waals surface area contributed by atoms with Crippen LogP contribution in [0, 0.1) is 18.8 Å². The molecule has 0 spiro atoms. The number of allylic oxidation sites excluding steroid dienone is 2. The smallest absolute Gasteiger partial charge is 0.0236 e. The predicted octanol–water partition coefficient (Wildman–Crippen LogP) is 3.84. The van der Waals surface area contributed by atoms with E-state index in [9.17, 15) is 0 Å². The first-order chi connectivity index (χ1) is 5.18. The van der Waals surface area contributed by atoms with Gasteiger partial charge in [0.1, 0.15) is 0 Å². The molecule has 0 bridgehead atoms. The minimum absolute atomic E-state index is 0.535. The van der Waals surface area contributed by atoms with Crippen LogP contribution in [0.2, 0.25) is 0 Å². The summed E-state index contributed by atoms with van der Waals surface area (Å²) < 4.78 is 0. The summed E-state index contributed by atoms with van der Waals surface area (Å²) in [4.78, 5) is 0. The van der Waals surface area contributed by atoms with Crippen LogP contribution in [0.4, 0.5) is 0 Å². The van der Waals surface area contributed by atoms with Crippen LogP contribution >= 0.6 is 0 Å². The molecule has 0 fully saturated rings.